The fourth-order valence-corrected chi connectivity index (χ4v) is 2.50. The van der Waals surface area contributed by atoms with Crippen molar-refractivity contribution in [2.75, 3.05) is 19.6 Å². The average molecular weight is 240 g/mol. The minimum absolute atomic E-state index is 0.190. The van der Waals surface area contributed by atoms with Gasteiger partial charge in [0.2, 0.25) is 5.91 Å². The standard InChI is InChI=1S/C14H28N2O/c1-3-15-10-9-14(17)16-11-8-13-6-4-12(2)5-7-13/h12-13,15H,3-11H2,1-2H3,(H,16,17). The fraction of sp³-hybridized carbons (Fsp3) is 0.929. The van der Waals surface area contributed by atoms with Gasteiger partial charge in [0.15, 0.2) is 0 Å². The average Bonchev–Trinajstić information content (AvgIpc) is 2.32. The van der Waals surface area contributed by atoms with Crippen molar-refractivity contribution < 1.29 is 4.79 Å². The molecule has 0 aromatic carbocycles. The number of hydrogen-bond acceptors (Lipinski definition) is 2. The smallest absolute Gasteiger partial charge is 0.221 e. The third kappa shape index (κ3) is 6.67. The Morgan fingerprint density at radius 2 is 1.88 bits per heavy atom. The van der Waals surface area contributed by atoms with Crippen LogP contribution in [0, 0.1) is 11.8 Å². The Hall–Kier alpha value is -0.570. The van der Waals surface area contributed by atoms with E-state index in [-0.39, 0.29) is 5.91 Å². The summed E-state index contributed by atoms with van der Waals surface area (Å²) in [5, 5.41) is 6.18. The number of hydrogen-bond donors (Lipinski definition) is 2. The predicted molar refractivity (Wildman–Crippen MR) is 71.9 cm³/mol. The van der Waals surface area contributed by atoms with E-state index < -0.39 is 0 Å². The van der Waals surface area contributed by atoms with Gasteiger partial charge < -0.3 is 10.6 Å². The maximum atomic E-state index is 11.5. The summed E-state index contributed by atoms with van der Waals surface area (Å²) in [5.74, 6) is 1.95. The van der Waals surface area contributed by atoms with E-state index >= 15 is 0 Å². The monoisotopic (exact) mass is 240 g/mol. The largest absolute Gasteiger partial charge is 0.356 e. The van der Waals surface area contributed by atoms with Crippen molar-refractivity contribution in [3.05, 3.63) is 0 Å². The molecule has 1 rings (SSSR count). The molecule has 0 unspecified atom stereocenters. The van der Waals surface area contributed by atoms with Crippen LogP contribution in [0.4, 0.5) is 0 Å². The van der Waals surface area contributed by atoms with E-state index in [1.54, 1.807) is 0 Å². The molecular formula is C14H28N2O. The van der Waals surface area contributed by atoms with Gasteiger partial charge in [0, 0.05) is 19.5 Å². The highest BCUT2D eigenvalue weighted by Crippen LogP contribution is 2.29. The van der Waals surface area contributed by atoms with E-state index in [2.05, 4.69) is 24.5 Å². The van der Waals surface area contributed by atoms with Crippen LogP contribution in [0.1, 0.15) is 52.4 Å². The van der Waals surface area contributed by atoms with Gasteiger partial charge in [-0.2, -0.15) is 0 Å². The summed E-state index contributed by atoms with van der Waals surface area (Å²) in [6.45, 7) is 7.00. The zero-order chi connectivity index (χ0) is 12.5. The molecule has 3 nitrogen and oxygen atoms in total. The van der Waals surface area contributed by atoms with E-state index in [0.717, 1.165) is 31.5 Å². The van der Waals surface area contributed by atoms with Crippen LogP contribution < -0.4 is 10.6 Å². The van der Waals surface area contributed by atoms with Gasteiger partial charge in [-0.1, -0.05) is 39.5 Å². The summed E-state index contributed by atoms with van der Waals surface area (Å²) in [7, 11) is 0. The highest BCUT2D eigenvalue weighted by atomic mass is 16.1. The maximum Gasteiger partial charge on any atom is 0.221 e. The van der Waals surface area contributed by atoms with Crippen LogP contribution in [-0.4, -0.2) is 25.5 Å². The van der Waals surface area contributed by atoms with Gasteiger partial charge in [0.1, 0.15) is 0 Å². The van der Waals surface area contributed by atoms with Gasteiger partial charge in [-0.05, 0) is 24.8 Å². The van der Waals surface area contributed by atoms with Gasteiger partial charge >= 0.3 is 0 Å². The normalized spacial score (nSPS) is 24.6. The molecule has 0 aromatic rings. The number of carbonyl (C=O) groups excluding carboxylic acids is 1. The lowest BCUT2D eigenvalue weighted by molar-refractivity contribution is -0.121. The molecule has 2 N–H and O–H groups in total. The molecule has 0 saturated heterocycles. The number of amides is 1. The Kier molecular flexibility index (Phi) is 7.25. The predicted octanol–water partition coefficient (Wildman–Crippen LogP) is 2.32. The molecule has 0 aliphatic heterocycles. The van der Waals surface area contributed by atoms with Crippen molar-refractivity contribution in [2.45, 2.75) is 52.4 Å². The first-order chi connectivity index (χ1) is 8.22. The van der Waals surface area contributed by atoms with Crippen LogP contribution in [0.25, 0.3) is 0 Å². The molecule has 1 saturated carbocycles. The molecular weight excluding hydrogens is 212 g/mol. The van der Waals surface area contributed by atoms with Gasteiger partial charge in [-0.25, -0.2) is 0 Å². The van der Waals surface area contributed by atoms with Crippen LogP contribution in [0.15, 0.2) is 0 Å². The van der Waals surface area contributed by atoms with Crippen molar-refractivity contribution in [1.82, 2.24) is 10.6 Å². The molecule has 1 amide bonds. The molecule has 100 valence electrons. The highest BCUT2D eigenvalue weighted by molar-refractivity contribution is 5.75. The van der Waals surface area contributed by atoms with Crippen LogP contribution >= 0.6 is 0 Å². The molecule has 1 aliphatic rings. The third-order valence-electron chi connectivity index (χ3n) is 3.79. The van der Waals surface area contributed by atoms with Gasteiger partial charge in [-0.15, -0.1) is 0 Å². The first-order valence-electron chi connectivity index (χ1n) is 7.19. The Morgan fingerprint density at radius 1 is 1.18 bits per heavy atom. The first kappa shape index (κ1) is 14.5. The molecule has 17 heavy (non-hydrogen) atoms. The van der Waals surface area contributed by atoms with Crippen molar-refractivity contribution in [3.63, 3.8) is 0 Å². The van der Waals surface area contributed by atoms with E-state index in [4.69, 9.17) is 0 Å². The van der Waals surface area contributed by atoms with Crippen LogP contribution in [0.3, 0.4) is 0 Å². The quantitative estimate of drug-likeness (QED) is 0.671. The minimum atomic E-state index is 0.190. The second kappa shape index (κ2) is 8.51. The van der Waals surface area contributed by atoms with Crippen molar-refractivity contribution in [2.24, 2.45) is 11.8 Å². The Bertz CT molecular complexity index is 210. The number of carbonyl (C=O) groups is 1. The second-order valence-corrected chi connectivity index (χ2v) is 5.37. The summed E-state index contributed by atoms with van der Waals surface area (Å²) in [6, 6.07) is 0. The molecule has 0 bridgehead atoms. The lowest BCUT2D eigenvalue weighted by Crippen LogP contribution is -2.29. The zero-order valence-corrected chi connectivity index (χ0v) is 11.4. The molecule has 1 aliphatic carbocycles. The molecule has 1 fully saturated rings. The van der Waals surface area contributed by atoms with Crippen LogP contribution in [-0.2, 0) is 4.79 Å². The third-order valence-corrected chi connectivity index (χ3v) is 3.79. The number of rotatable bonds is 7. The van der Waals surface area contributed by atoms with Gasteiger partial charge in [0.05, 0.1) is 0 Å². The van der Waals surface area contributed by atoms with Crippen molar-refractivity contribution in [1.29, 1.82) is 0 Å². The van der Waals surface area contributed by atoms with E-state index in [1.165, 1.54) is 32.1 Å². The number of nitrogens with one attached hydrogen (secondary N) is 2. The summed E-state index contributed by atoms with van der Waals surface area (Å²) >= 11 is 0. The molecule has 0 heterocycles. The van der Waals surface area contributed by atoms with Crippen molar-refractivity contribution >= 4 is 5.91 Å². The van der Waals surface area contributed by atoms with Gasteiger partial charge in [-0.3, -0.25) is 4.79 Å². The Morgan fingerprint density at radius 3 is 2.53 bits per heavy atom. The first-order valence-corrected chi connectivity index (χ1v) is 7.19. The maximum absolute atomic E-state index is 11.5. The zero-order valence-electron chi connectivity index (χ0n) is 11.4. The molecule has 0 aromatic heterocycles. The lowest BCUT2D eigenvalue weighted by Gasteiger charge is -2.26. The summed E-state index contributed by atoms with van der Waals surface area (Å²) in [6.07, 6.45) is 7.23. The Balaban J connectivity index is 1.97. The molecule has 0 atom stereocenters. The minimum Gasteiger partial charge on any atom is -0.356 e. The summed E-state index contributed by atoms with van der Waals surface area (Å²) < 4.78 is 0. The van der Waals surface area contributed by atoms with Crippen LogP contribution in [0.2, 0.25) is 0 Å². The van der Waals surface area contributed by atoms with E-state index in [0.29, 0.717) is 6.42 Å². The summed E-state index contributed by atoms with van der Waals surface area (Å²) in [4.78, 5) is 11.5. The van der Waals surface area contributed by atoms with E-state index in [9.17, 15) is 4.79 Å². The fourth-order valence-electron chi connectivity index (χ4n) is 2.50. The molecule has 0 spiro atoms. The van der Waals surface area contributed by atoms with Crippen LogP contribution in [0.5, 0.6) is 0 Å². The molecule has 3 heteroatoms. The molecule has 0 radical (unpaired) electrons. The lowest BCUT2D eigenvalue weighted by atomic mass is 9.81. The Labute approximate surface area is 106 Å². The van der Waals surface area contributed by atoms with E-state index in [1.807, 2.05) is 0 Å². The second-order valence-electron chi connectivity index (χ2n) is 5.37. The van der Waals surface area contributed by atoms with Crippen molar-refractivity contribution in [3.8, 4) is 0 Å². The SMILES string of the molecule is CCNCCC(=O)NCCC1CCC(C)CC1. The topological polar surface area (TPSA) is 41.1 Å². The van der Waals surface area contributed by atoms with Gasteiger partial charge in [0.25, 0.3) is 0 Å². The summed E-state index contributed by atoms with van der Waals surface area (Å²) in [5.41, 5.74) is 0. The highest BCUT2D eigenvalue weighted by Gasteiger charge is 2.17.